The van der Waals surface area contributed by atoms with E-state index in [0.29, 0.717) is 23.8 Å². The summed E-state index contributed by atoms with van der Waals surface area (Å²) in [6.07, 6.45) is 0. The molecule has 0 saturated carbocycles. The summed E-state index contributed by atoms with van der Waals surface area (Å²) in [5.74, 6) is 0.0344. The summed E-state index contributed by atoms with van der Waals surface area (Å²) in [4.78, 5) is 11.5. The van der Waals surface area contributed by atoms with E-state index in [0.717, 1.165) is 5.56 Å². The molecule has 0 spiro atoms. The van der Waals surface area contributed by atoms with E-state index in [4.69, 9.17) is 10.5 Å². The van der Waals surface area contributed by atoms with Crippen molar-refractivity contribution in [2.24, 2.45) is 5.92 Å². The Kier molecular flexibility index (Phi) is 3.72. The van der Waals surface area contributed by atoms with Gasteiger partial charge in [0.15, 0.2) is 0 Å². The number of hydrogen-bond donors (Lipinski definition) is 1. The second-order valence-electron chi connectivity index (χ2n) is 4.06. The summed E-state index contributed by atoms with van der Waals surface area (Å²) in [5, 5.41) is 0. The van der Waals surface area contributed by atoms with E-state index in [9.17, 15) is 4.79 Å². The van der Waals surface area contributed by atoms with Crippen LogP contribution in [0.15, 0.2) is 18.2 Å². The van der Waals surface area contributed by atoms with Gasteiger partial charge in [-0.25, -0.2) is 4.79 Å². The molecule has 0 aromatic heterocycles. The molecule has 0 amide bonds. The molecule has 1 aromatic carbocycles. The Morgan fingerprint density at radius 2 is 2.13 bits per heavy atom. The molecule has 0 aliphatic carbocycles. The second-order valence-corrected chi connectivity index (χ2v) is 4.06. The molecular weight excluding hydrogens is 190 g/mol. The smallest absolute Gasteiger partial charge is 0.338 e. The van der Waals surface area contributed by atoms with Crippen molar-refractivity contribution in [3.05, 3.63) is 29.3 Å². The quantitative estimate of drug-likeness (QED) is 0.611. The van der Waals surface area contributed by atoms with Crippen LogP contribution in [0.1, 0.15) is 29.8 Å². The van der Waals surface area contributed by atoms with Gasteiger partial charge in [-0.2, -0.15) is 0 Å². The number of hydrogen-bond acceptors (Lipinski definition) is 3. The largest absolute Gasteiger partial charge is 0.462 e. The lowest BCUT2D eigenvalue weighted by Crippen LogP contribution is -2.10. The summed E-state index contributed by atoms with van der Waals surface area (Å²) in [5.41, 5.74) is 7.81. The molecular formula is C12H17NO2. The van der Waals surface area contributed by atoms with Crippen molar-refractivity contribution in [2.45, 2.75) is 20.8 Å². The van der Waals surface area contributed by atoms with Crippen molar-refractivity contribution < 1.29 is 9.53 Å². The first-order valence-electron chi connectivity index (χ1n) is 5.04. The highest BCUT2D eigenvalue weighted by molar-refractivity contribution is 5.90. The average molecular weight is 207 g/mol. The monoisotopic (exact) mass is 207 g/mol. The summed E-state index contributed by atoms with van der Waals surface area (Å²) in [7, 11) is 0. The molecule has 1 aromatic rings. The highest BCUT2D eigenvalue weighted by atomic mass is 16.5. The normalized spacial score (nSPS) is 10.4. The van der Waals surface area contributed by atoms with Gasteiger partial charge in [-0.1, -0.05) is 19.9 Å². The number of aryl methyl sites for hydroxylation is 1. The first kappa shape index (κ1) is 11.6. The zero-order valence-electron chi connectivity index (χ0n) is 9.41. The highest BCUT2D eigenvalue weighted by Crippen LogP contribution is 2.13. The zero-order valence-corrected chi connectivity index (χ0v) is 9.41. The maximum Gasteiger partial charge on any atom is 0.338 e. The van der Waals surface area contributed by atoms with Crippen molar-refractivity contribution in [3.8, 4) is 0 Å². The van der Waals surface area contributed by atoms with Gasteiger partial charge in [0.1, 0.15) is 0 Å². The number of carbonyl (C=O) groups excluding carboxylic acids is 1. The molecule has 0 radical (unpaired) electrons. The molecule has 0 saturated heterocycles. The average Bonchev–Trinajstić information content (AvgIpc) is 2.18. The van der Waals surface area contributed by atoms with Crippen LogP contribution in [-0.2, 0) is 4.74 Å². The molecule has 0 aliphatic heterocycles. The molecule has 0 bridgehead atoms. The number of carbonyl (C=O) groups is 1. The molecule has 82 valence electrons. The van der Waals surface area contributed by atoms with Gasteiger partial charge in [0.2, 0.25) is 0 Å². The van der Waals surface area contributed by atoms with Crippen molar-refractivity contribution in [1.29, 1.82) is 0 Å². The molecule has 3 heteroatoms. The Bertz CT molecular complexity index is 359. The van der Waals surface area contributed by atoms with Crippen molar-refractivity contribution in [1.82, 2.24) is 0 Å². The Labute approximate surface area is 90.2 Å². The molecule has 0 fully saturated rings. The van der Waals surface area contributed by atoms with Crippen LogP contribution in [0.25, 0.3) is 0 Å². The molecule has 2 N–H and O–H groups in total. The van der Waals surface area contributed by atoms with Crippen LogP contribution in [-0.4, -0.2) is 12.6 Å². The predicted molar refractivity (Wildman–Crippen MR) is 60.7 cm³/mol. The van der Waals surface area contributed by atoms with Gasteiger partial charge in [0, 0.05) is 5.69 Å². The molecule has 15 heavy (non-hydrogen) atoms. The summed E-state index contributed by atoms with van der Waals surface area (Å²) in [6.45, 7) is 6.33. The van der Waals surface area contributed by atoms with Gasteiger partial charge in [-0.3, -0.25) is 0 Å². The van der Waals surface area contributed by atoms with Crippen LogP contribution in [0.4, 0.5) is 5.69 Å². The predicted octanol–water partition coefficient (Wildman–Crippen LogP) is 2.39. The summed E-state index contributed by atoms with van der Waals surface area (Å²) < 4.78 is 5.09. The van der Waals surface area contributed by atoms with Gasteiger partial charge < -0.3 is 10.5 Å². The van der Waals surface area contributed by atoms with Crippen LogP contribution >= 0.6 is 0 Å². The van der Waals surface area contributed by atoms with Crippen LogP contribution in [0.3, 0.4) is 0 Å². The molecule has 0 atom stereocenters. The Morgan fingerprint density at radius 1 is 1.47 bits per heavy atom. The minimum absolute atomic E-state index is 0.310. The lowest BCUT2D eigenvalue weighted by molar-refractivity contribution is 0.0459. The maximum absolute atomic E-state index is 11.5. The van der Waals surface area contributed by atoms with E-state index < -0.39 is 0 Å². The maximum atomic E-state index is 11.5. The molecule has 0 aliphatic rings. The number of nitrogen functional groups attached to an aromatic ring is 1. The fourth-order valence-electron chi connectivity index (χ4n) is 1.09. The van der Waals surface area contributed by atoms with E-state index in [-0.39, 0.29) is 5.97 Å². The number of esters is 1. The Balaban J connectivity index is 2.70. The minimum Gasteiger partial charge on any atom is -0.462 e. The number of benzene rings is 1. The number of ether oxygens (including phenoxy) is 1. The van der Waals surface area contributed by atoms with Crippen molar-refractivity contribution in [2.75, 3.05) is 12.3 Å². The SMILES string of the molecule is Cc1ccc(C(=O)OCC(C)C)cc1N. The zero-order chi connectivity index (χ0) is 11.4. The van der Waals surface area contributed by atoms with Gasteiger partial charge in [0.05, 0.1) is 12.2 Å². The van der Waals surface area contributed by atoms with Gasteiger partial charge in [0.25, 0.3) is 0 Å². The standard InChI is InChI=1S/C12H17NO2/c1-8(2)7-15-12(14)10-5-4-9(3)11(13)6-10/h4-6,8H,7,13H2,1-3H3. The summed E-state index contributed by atoms with van der Waals surface area (Å²) in [6, 6.07) is 5.20. The minimum atomic E-state index is -0.310. The van der Waals surface area contributed by atoms with E-state index in [1.165, 1.54) is 0 Å². The fraction of sp³-hybridized carbons (Fsp3) is 0.417. The van der Waals surface area contributed by atoms with Gasteiger partial charge >= 0.3 is 5.97 Å². The third-order valence-corrected chi connectivity index (χ3v) is 2.06. The molecule has 1 rings (SSSR count). The second kappa shape index (κ2) is 4.82. The first-order chi connectivity index (χ1) is 7.00. The Hall–Kier alpha value is -1.51. The molecule has 3 nitrogen and oxygen atoms in total. The highest BCUT2D eigenvalue weighted by Gasteiger charge is 2.08. The van der Waals surface area contributed by atoms with E-state index in [1.807, 2.05) is 26.8 Å². The van der Waals surface area contributed by atoms with E-state index in [1.54, 1.807) is 12.1 Å². The summed E-state index contributed by atoms with van der Waals surface area (Å²) >= 11 is 0. The Morgan fingerprint density at radius 3 is 2.67 bits per heavy atom. The van der Waals surface area contributed by atoms with Crippen molar-refractivity contribution >= 4 is 11.7 Å². The number of anilines is 1. The van der Waals surface area contributed by atoms with E-state index >= 15 is 0 Å². The molecule has 0 unspecified atom stereocenters. The van der Waals surface area contributed by atoms with E-state index in [2.05, 4.69) is 0 Å². The number of nitrogens with two attached hydrogens (primary N) is 1. The third-order valence-electron chi connectivity index (χ3n) is 2.06. The lowest BCUT2D eigenvalue weighted by atomic mass is 10.1. The lowest BCUT2D eigenvalue weighted by Gasteiger charge is -2.08. The van der Waals surface area contributed by atoms with Crippen LogP contribution in [0.5, 0.6) is 0 Å². The van der Waals surface area contributed by atoms with Gasteiger partial charge in [-0.15, -0.1) is 0 Å². The molecule has 0 heterocycles. The van der Waals surface area contributed by atoms with Crippen LogP contribution in [0, 0.1) is 12.8 Å². The van der Waals surface area contributed by atoms with Gasteiger partial charge in [-0.05, 0) is 30.5 Å². The first-order valence-corrected chi connectivity index (χ1v) is 5.04. The third kappa shape index (κ3) is 3.27. The van der Waals surface area contributed by atoms with Crippen molar-refractivity contribution in [3.63, 3.8) is 0 Å². The topological polar surface area (TPSA) is 52.3 Å². The fourth-order valence-corrected chi connectivity index (χ4v) is 1.09. The van der Waals surface area contributed by atoms with Crippen LogP contribution < -0.4 is 5.73 Å². The van der Waals surface area contributed by atoms with Crippen LogP contribution in [0.2, 0.25) is 0 Å². The number of rotatable bonds is 3.